The molecule has 0 amide bonds. The van der Waals surface area contributed by atoms with Crippen molar-refractivity contribution in [1.82, 2.24) is 4.90 Å². The van der Waals surface area contributed by atoms with Crippen LogP contribution in [0.5, 0.6) is 0 Å². The summed E-state index contributed by atoms with van der Waals surface area (Å²) >= 11 is 0. The normalized spacial score (nSPS) is 25.1. The Morgan fingerprint density at radius 1 is 1.36 bits per heavy atom. The van der Waals surface area contributed by atoms with Gasteiger partial charge in [-0.1, -0.05) is 6.42 Å². The van der Waals surface area contributed by atoms with E-state index in [1.165, 1.54) is 51.6 Å². The second kappa shape index (κ2) is 4.19. The van der Waals surface area contributed by atoms with Crippen molar-refractivity contribution >= 4 is 0 Å². The highest BCUT2D eigenvalue weighted by Gasteiger charge is 2.35. The monoisotopic (exact) mass is 196 g/mol. The zero-order chi connectivity index (χ0) is 10.0. The first-order valence-electron chi connectivity index (χ1n) is 6.13. The maximum Gasteiger partial charge on any atom is 0.000661 e. The van der Waals surface area contributed by atoms with Crippen LogP contribution in [0, 0.1) is 11.3 Å². The lowest BCUT2D eigenvalue weighted by Gasteiger charge is -2.42. The van der Waals surface area contributed by atoms with Gasteiger partial charge in [-0.3, -0.25) is 0 Å². The van der Waals surface area contributed by atoms with Crippen LogP contribution in [0.25, 0.3) is 0 Å². The van der Waals surface area contributed by atoms with Crippen LogP contribution in [0.3, 0.4) is 0 Å². The highest BCUT2D eigenvalue weighted by Crippen LogP contribution is 2.43. The van der Waals surface area contributed by atoms with Crippen LogP contribution in [-0.4, -0.2) is 31.6 Å². The topological polar surface area (TPSA) is 29.3 Å². The van der Waals surface area contributed by atoms with Gasteiger partial charge in [0.15, 0.2) is 0 Å². The van der Waals surface area contributed by atoms with Crippen LogP contribution >= 0.6 is 0 Å². The molecule has 82 valence electrons. The number of rotatable bonds is 6. The molecule has 2 rings (SSSR count). The van der Waals surface area contributed by atoms with E-state index in [4.69, 9.17) is 5.73 Å². The number of nitrogens with two attached hydrogens (primary N) is 1. The largest absolute Gasteiger partial charge is 0.330 e. The second-order valence-corrected chi connectivity index (χ2v) is 5.51. The Morgan fingerprint density at radius 2 is 2.07 bits per heavy atom. The second-order valence-electron chi connectivity index (χ2n) is 5.51. The lowest BCUT2D eigenvalue weighted by atomic mass is 9.66. The Morgan fingerprint density at radius 3 is 2.50 bits per heavy atom. The van der Waals surface area contributed by atoms with E-state index in [2.05, 4.69) is 11.9 Å². The van der Waals surface area contributed by atoms with Crippen LogP contribution in [-0.2, 0) is 0 Å². The van der Waals surface area contributed by atoms with Gasteiger partial charge < -0.3 is 10.6 Å². The first-order chi connectivity index (χ1) is 6.74. The zero-order valence-corrected chi connectivity index (χ0v) is 9.47. The maximum atomic E-state index is 5.85. The van der Waals surface area contributed by atoms with Crippen molar-refractivity contribution in [1.29, 1.82) is 0 Å². The first-order valence-corrected chi connectivity index (χ1v) is 6.13. The van der Waals surface area contributed by atoms with E-state index >= 15 is 0 Å². The average Bonchev–Trinajstić information content (AvgIpc) is 2.87. The highest BCUT2D eigenvalue weighted by molar-refractivity contribution is 4.89. The Labute approximate surface area is 87.8 Å². The van der Waals surface area contributed by atoms with Crippen molar-refractivity contribution in [2.75, 3.05) is 26.7 Å². The molecule has 2 N–H and O–H groups in total. The fourth-order valence-electron chi connectivity index (χ4n) is 2.49. The maximum absolute atomic E-state index is 5.85. The van der Waals surface area contributed by atoms with Gasteiger partial charge in [0.05, 0.1) is 0 Å². The van der Waals surface area contributed by atoms with E-state index in [0.29, 0.717) is 5.41 Å². The molecule has 14 heavy (non-hydrogen) atoms. The Hall–Kier alpha value is -0.0800. The fourth-order valence-corrected chi connectivity index (χ4v) is 2.49. The molecule has 0 unspecified atom stereocenters. The number of hydrogen-bond acceptors (Lipinski definition) is 2. The van der Waals surface area contributed by atoms with E-state index in [1.54, 1.807) is 0 Å². The molecule has 0 saturated heterocycles. The fraction of sp³-hybridized carbons (Fsp3) is 1.00. The minimum Gasteiger partial charge on any atom is -0.330 e. The number of hydrogen-bond donors (Lipinski definition) is 1. The highest BCUT2D eigenvalue weighted by atomic mass is 15.1. The molecule has 0 atom stereocenters. The Kier molecular flexibility index (Phi) is 3.13. The molecule has 0 spiro atoms. The Balaban J connectivity index is 1.64. The number of nitrogens with zero attached hydrogens (tertiary/aromatic N) is 1. The molecule has 0 radical (unpaired) electrons. The average molecular weight is 196 g/mol. The minimum atomic E-state index is 0.539. The molecule has 2 fully saturated rings. The van der Waals surface area contributed by atoms with Gasteiger partial charge in [-0.05, 0) is 63.6 Å². The minimum absolute atomic E-state index is 0.539. The van der Waals surface area contributed by atoms with Crippen molar-refractivity contribution in [2.45, 2.75) is 38.5 Å². The quantitative estimate of drug-likeness (QED) is 0.702. The van der Waals surface area contributed by atoms with Crippen molar-refractivity contribution in [3.8, 4) is 0 Å². The summed E-state index contributed by atoms with van der Waals surface area (Å²) in [7, 11) is 2.27. The third-order valence-corrected chi connectivity index (χ3v) is 4.14. The van der Waals surface area contributed by atoms with E-state index in [-0.39, 0.29) is 0 Å². The van der Waals surface area contributed by atoms with Gasteiger partial charge in [-0.25, -0.2) is 0 Å². The van der Waals surface area contributed by atoms with Crippen molar-refractivity contribution in [3.05, 3.63) is 0 Å². The lowest BCUT2D eigenvalue weighted by Crippen LogP contribution is -2.40. The Bertz CT molecular complexity index is 177. The molecule has 2 aliphatic carbocycles. The van der Waals surface area contributed by atoms with E-state index in [9.17, 15) is 0 Å². The van der Waals surface area contributed by atoms with Crippen molar-refractivity contribution in [2.24, 2.45) is 17.1 Å². The molecule has 0 aliphatic heterocycles. The van der Waals surface area contributed by atoms with Crippen LogP contribution in [0.2, 0.25) is 0 Å². The van der Waals surface area contributed by atoms with E-state index in [1.807, 2.05) is 0 Å². The molecule has 0 bridgehead atoms. The molecular weight excluding hydrogens is 172 g/mol. The summed E-state index contributed by atoms with van der Waals surface area (Å²) in [6, 6.07) is 0. The van der Waals surface area contributed by atoms with Gasteiger partial charge >= 0.3 is 0 Å². The van der Waals surface area contributed by atoms with Gasteiger partial charge in [0, 0.05) is 6.54 Å². The molecule has 2 aliphatic rings. The summed E-state index contributed by atoms with van der Waals surface area (Å²) in [4.78, 5) is 2.51. The third-order valence-electron chi connectivity index (χ3n) is 4.14. The molecule has 0 aromatic carbocycles. The standard InChI is InChI=1S/C12H24N2/c1-14(9-11-3-4-11)8-7-12(10-13)5-2-6-12/h11H,2-10,13H2,1H3. The van der Waals surface area contributed by atoms with Gasteiger partial charge in [0.25, 0.3) is 0 Å². The molecular formula is C12H24N2. The SMILES string of the molecule is CN(CCC1(CN)CCC1)CC1CC1. The van der Waals surface area contributed by atoms with Gasteiger partial charge in [0.1, 0.15) is 0 Å². The van der Waals surface area contributed by atoms with E-state index < -0.39 is 0 Å². The van der Waals surface area contributed by atoms with Crippen molar-refractivity contribution in [3.63, 3.8) is 0 Å². The van der Waals surface area contributed by atoms with Gasteiger partial charge in [-0.15, -0.1) is 0 Å². The summed E-state index contributed by atoms with van der Waals surface area (Å²) in [6.45, 7) is 3.48. The van der Waals surface area contributed by atoms with Crippen LogP contribution in [0.1, 0.15) is 38.5 Å². The summed E-state index contributed by atoms with van der Waals surface area (Å²) in [5.41, 5.74) is 6.39. The summed E-state index contributed by atoms with van der Waals surface area (Å²) in [5, 5.41) is 0. The zero-order valence-electron chi connectivity index (χ0n) is 9.47. The molecule has 2 nitrogen and oxygen atoms in total. The smallest absolute Gasteiger partial charge is 0.000661 e. The predicted octanol–water partition coefficient (Wildman–Crippen LogP) is 1.85. The summed E-state index contributed by atoms with van der Waals surface area (Å²) in [5.74, 6) is 1.02. The van der Waals surface area contributed by atoms with E-state index in [0.717, 1.165) is 12.5 Å². The predicted molar refractivity (Wildman–Crippen MR) is 60.2 cm³/mol. The summed E-state index contributed by atoms with van der Waals surface area (Å²) in [6.07, 6.45) is 8.41. The first kappa shape index (κ1) is 10.4. The van der Waals surface area contributed by atoms with Crippen molar-refractivity contribution < 1.29 is 0 Å². The molecule has 2 saturated carbocycles. The molecule has 2 heteroatoms. The third kappa shape index (κ3) is 2.48. The van der Waals surface area contributed by atoms with Crippen LogP contribution in [0.4, 0.5) is 0 Å². The molecule has 0 aromatic rings. The van der Waals surface area contributed by atoms with Crippen LogP contribution in [0.15, 0.2) is 0 Å². The molecule has 0 aromatic heterocycles. The van der Waals surface area contributed by atoms with Crippen LogP contribution < -0.4 is 5.73 Å². The van der Waals surface area contributed by atoms with Gasteiger partial charge in [-0.2, -0.15) is 0 Å². The summed E-state index contributed by atoms with van der Waals surface area (Å²) < 4.78 is 0. The van der Waals surface area contributed by atoms with Gasteiger partial charge in [0.2, 0.25) is 0 Å². The lowest BCUT2D eigenvalue weighted by molar-refractivity contribution is 0.111. The molecule has 0 heterocycles.